The van der Waals surface area contributed by atoms with Gasteiger partial charge in [0.15, 0.2) is 11.3 Å². The van der Waals surface area contributed by atoms with Crippen molar-refractivity contribution in [3.8, 4) is 0 Å². The predicted octanol–water partition coefficient (Wildman–Crippen LogP) is 4.04. The van der Waals surface area contributed by atoms with Gasteiger partial charge in [-0.3, -0.25) is 4.79 Å². The van der Waals surface area contributed by atoms with Crippen LogP contribution in [0.1, 0.15) is 53.5 Å². The molecule has 1 aliphatic rings. The third-order valence-corrected chi connectivity index (χ3v) is 4.98. The lowest BCUT2D eigenvalue weighted by Crippen LogP contribution is -2.35. The Hall–Kier alpha value is -2.34. The molecule has 25 heavy (non-hydrogen) atoms. The van der Waals surface area contributed by atoms with E-state index in [9.17, 15) is 4.79 Å². The van der Waals surface area contributed by atoms with Gasteiger partial charge in [0.25, 0.3) is 5.91 Å². The minimum absolute atomic E-state index is 0.0828. The molecule has 0 bridgehead atoms. The molecule has 0 aliphatic carbocycles. The van der Waals surface area contributed by atoms with E-state index in [0.717, 1.165) is 37.0 Å². The Balaban J connectivity index is 1.74. The van der Waals surface area contributed by atoms with Crippen LogP contribution in [-0.2, 0) is 0 Å². The largest absolute Gasteiger partial charge is 0.467 e. The van der Waals surface area contributed by atoms with E-state index in [1.165, 1.54) is 0 Å². The molecule has 1 aliphatic heterocycles. The molecule has 1 fully saturated rings. The highest BCUT2D eigenvalue weighted by molar-refractivity contribution is 6.36. The van der Waals surface area contributed by atoms with Crippen LogP contribution in [0.3, 0.4) is 0 Å². The van der Waals surface area contributed by atoms with Gasteiger partial charge in [-0.05, 0) is 37.5 Å². The zero-order valence-corrected chi connectivity index (χ0v) is 14.7. The molecule has 3 aromatic heterocycles. The molecule has 1 unspecified atom stereocenters. The van der Waals surface area contributed by atoms with Crippen LogP contribution in [0, 0.1) is 6.92 Å². The number of likely N-dealkylation sites (tertiary alicyclic amines) is 1. The number of carbonyl (C=O) groups is 1. The minimum atomic E-state index is -0.170. The van der Waals surface area contributed by atoms with Crippen LogP contribution in [0.4, 0.5) is 0 Å². The van der Waals surface area contributed by atoms with Crippen LogP contribution in [0.5, 0.6) is 0 Å². The molecule has 1 saturated heterocycles. The Kier molecular flexibility index (Phi) is 4.21. The van der Waals surface area contributed by atoms with Crippen LogP contribution in [0.25, 0.3) is 5.65 Å². The van der Waals surface area contributed by atoms with Gasteiger partial charge in [0, 0.05) is 18.9 Å². The van der Waals surface area contributed by atoms with Gasteiger partial charge >= 0.3 is 0 Å². The summed E-state index contributed by atoms with van der Waals surface area (Å²) in [5.41, 5.74) is 1.70. The molecule has 0 spiro atoms. The number of hydrogen-bond acceptors (Lipinski definition) is 4. The smallest absolute Gasteiger partial charge is 0.276 e. The average Bonchev–Trinajstić information content (AvgIpc) is 3.16. The maximum Gasteiger partial charge on any atom is 0.276 e. The summed E-state index contributed by atoms with van der Waals surface area (Å²) in [5, 5.41) is 4.69. The second-order valence-corrected chi connectivity index (χ2v) is 6.82. The Morgan fingerprint density at radius 3 is 3.04 bits per heavy atom. The second kappa shape index (κ2) is 6.52. The Morgan fingerprint density at radius 2 is 2.24 bits per heavy atom. The fourth-order valence-corrected chi connectivity index (χ4v) is 3.66. The highest BCUT2D eigenvalue weighted by atomic mass is 35.5. The quantitative estimate of drug-likeness (QED) is 0.693. The Bertz CT molecular complexity index is 903. The summed E-state index contributed by atoms with van der Waals surface area (Å²) in [6.07, 6.45) is 9.18. The van der Waals surface area contributed by atoms with E-state index in [0.29, 0.717) is 17.2 Å². The fourth-order valence-electron chi connectivity index (χ4n) is 3.40. The molecule has 4 rings (SSSR count). The first-order chi connectivity index (χ1) is 12.1. The summed E-state index contributed by atoms with van der Waals surface area (Å²) in [6.45, 7) is 2.59. The second-order valence-electron chi connectivity index (χ2n) is 6.44. The first-order valence-corrected chi connectivity index (χ1v) is 8.88. The zero-order chi connectivity index (χ0) is 17.4. The van der Waals surface area contributed by atoms with Crippen LogP contribution >= 0.6 is 11.6 Å². The van der Waals surface area contributed by atoms with E-state index >= 15 is 0 Å². The van der Waals surface area contributed by atoms with Gasteiger partial charge in [0.2, 0.25) is 0 Å². The summed E-state index contributed by atoms with van der Waals surface area (Å²) in [4.78, 5) is 19.4. The molecule has 7 heteroatoms. The first-order valence-electron chi connectivity index (χ1n) is 8.50. The van der Waals surface area contributed by atoms with Gasteiger partial charge in [0.05, 0.1) is 12.3 Å². The molecule has 4 heterocycles. The number of aromatic nitrogens is 3. The molecule has 0 N–H and O–H groups in total. The number of halogens is 1. The number of carbonyl (C=O) groups excluding carboxylic acids is 1. The molecule has 0 radical (unpaired) electrons. The molecule has 6 nitrogen and oxygen atoms in total. The van der Waals surface area contributed by atoms with Crippen molar-refractivity contribution in [2.24, 2.45) is 0 Å². The van der Waals surface area contributed by atoms with Crippen molar-refractivity contribution in [2.75, 3.05) is 6.54 Å². The number of rotatable bonds is 2. The maximum absolute atomic E-state index is 13.2. The average molecular weight is 359 g/mol. The topological polar surface area (TPSA) is 63.6 Å². The number of aryl methyl sites for hydroxylation is 1. The van der Waals surface area contributed by atoms with Crippen LogP contribution in [-0.4, -0.2) is 31.9 Å². The van der Waals surface area contributed by atoms with Crippen molar-refractivity contribution >= 4 is 23.2 Å². The minimum Gasteiger partial charge on any atom is -0.467 e. The van der Waals surface area contributed by atoms with Gasteiger partial charge in [-0.1, -0.05) is 24.4 Å². The van der Waals surface area contributed by atoms with Crippen molar-refractivity contribution in [1.29, 1.82) is 0 Å². The van der Waals surface area contributed by atoms with Crippen LogP contribution < -0.4 is 0 Å². The van der Waals surface area contributed by atoms with Gasteiger partial charge in [-0.15, -0.1) is 0 Å². The number of hydrogen-bond donors (Lipinski definition) is 0. The van der Waals surface area contributed by atoms with E-state index < -0.39 is 0 Å². The van der Waals surface area contributed by atoms with Gasteiger partial charge in [-0.25, -0.2) is 9.50 Å². The number of amides is 1. The summed E-state index contributed by atoms with van der Waals surface area (Å²) < 4.78 is 7.16. The van der Waals surface area contributed by atoms with Crippen molar-refractivity contribution < 1.29 is 9.21 Å². The van der Waals surface area contributed by atoms with Crippen molar-refractivity contribution in [3.63, 3.8) is 0 Å². The van der Waals surface area contributed by atoms with Crippen LogP contribution in [0.15, 0.2) is 35.2 Å². The van der Waals surface area contributed by atoms with E-state index in [-0.39, 0.29) is 17.6 Å². The Labute approximate surface area is 150 Å². The van der Waals surface area contributed by atoms with E-state index in [1.54, 1.807) is 17.0 Å². The summed E-state index contributed by atoms with van der Waals surface area (Å²) >= 11 is 6.42. The van der Waals surface area contributed by atoms with Crippen molar-refractivity contribution in [2.45, 2.75) is 38.6 Å². The molecule has 1 amide bonds. The number of nitrogens with zero attached hydrogens (tertiary/aromatic N) is 4. The number of furan rings is 1. The molecule has 130 valence electrons. The van der Waals surface area contributed by atoms with Gasteiger partial charge in [-0.2, -0.15) is 5.10 Å². The highest BCUT2D eigenvalue weighted by Crippen LogP contribution is 2.33. The maximum atomic E-state index is 13.2. The summed E-state index contributed by atoms with van der Waals surface area (Å²) in [7, 11) is 0. The summed E-state index contributed by atoms with van der Waals surface area (Å²) in [6, 6.07) is 3.69. The third kappa shape index (κ3) is 2.91. The lowest BCUT2D eigenvalue weighted by atomic mass is 10.1. The van der Waals surface area contributed by atoms with Crippen molar-refractivity contribution in [1.82, 2.24) is 19.5 Å². The van der Waals surface area contributed by atoms with Crippen LogP contribution in [0.2, 0.25) is 5.02 Å². The van der Waals surface area contributed by atoms with E-state index in [4.69, 9.17) is 16.0 Å². The first kappa shape index (κ1) is 16.1. The molecular formula is C18H19ClN4O2. The number of fused-ring (bicyclic) bond motifs is 1. The molecule has 1 atom stereocenters. The SMILES string of the molecule is Cc1cnc2c(Cl)c(C(=O)N3CCCCCC3c3ccco3)nn2c1. The lowest BCUT2D eigenvalue weighted by molar-refractivity contribution is 0.0652. The normalized spacial score (nSPS) is 18.5. The monoisotopic (exact) mass is 358 g/mol. The third-order valence-electron chi connectivity index (χ3n) is 4.63. The fraction of sp³-hybridized carbons (Fsp3) is 0.389. The van der Waals surface area contributed by atoms with Crippen molar-refractivity contribution in [3.05, 3.63) is 52.8 Å². The lowest BCUT2D eigenvalue weighted by Gasteiger charge is -2.28. The van der Waals surface area contributed by atoms with Gasteiger partial charge < -0.3 is 9.32 Å². The predicted molar refractivity (Wildman–Crippen MR) is 93.7 cm³/mol. The standard InChI is InChI=1S/C18H19ClN4O2/c1-12-10-20-17-15(19)16(21-23(17)11-12)18(24)22-8-4-2-3-6-13(22)14-7-5-9-25-14/h5,7,9-11,13H,2-4,6,8H2,1H3. The molecule has 3 aromatic rings. The van der Waals surface area contributed by atoms with E-state index in [2.05, 4.69) is 10.1 Å². The molecule has 0 aromatic carbocycles. The zero-order valence-electron chi connectivity index (χ0n) is 14.0. The van der Waals surface area contributed by atoms with E-state index in [1.807, 2.05) is 30.2 Å². The molecular weight excluding hydrogens is 340 g/mol. The van der Waals surface area contributed by atoms with Gasteiger partial charge in [0.1, 0.15) is 10.8 Å². The summed E-state index contributed by atoms with van der Waals surface area (Å²) in [5.74, 6) is 0.639. The molecule has 0 saturated carbocycles. The highest BCUT2D eigenvalue weighted by Gasteiger charge is 2.32. The Morgan fingerprint density at radius 1 is 1.36 bits per heavy atom.